The van der Waals surface area contributed by atoms with Gasteiger partial charge in [0.1, 0.15) is 5.82 Å². The predicted octanol–water partition coefficient (Wildman–Crippen LogP) is 4.98. The van der Waals surface area contributed by atoms with Gasteiger partial charge in [-0.25, -0.2) is 9.97 Å². The van der Waals surface area contributed by atoms with E-state index in [1.54, 1.807) is 35.2 Å². The Morgan fingerprint density at radius 1 is 1.06 bits per heavy atom. The fraction of sp³-hybridized carbons (Fsp3) is 0.200. The molecule has 0 aliphatic heterocycles. The van der Waals surface area contributed by atoms with Crippen LogP contribution in [0.25, 0.3) is 17.3 Å². The molecule has 3 aromatic rings. The molecule has 0 aliphatic rings. The highest BCUT2D eigenvalue weighted by molar-refractivity contribution is 7.92. The summed E-state index contributed by atoms with van der Waals surface area (Å²) < 4.78 is 70.2. The van der Waals surface area contributed by atoms with E-state index in [9.17, 15) is 26.7 Å². The van der Waals surface area contributed by atoms with Crippen LogP contribution in [0.1, 0.15) is 17.5 Å². The molecular weight excluding hydrogens is 493 g/mol. The Kier molecular flexibility index (Phi) is 8.49. The SMILES string of the molecule is C=CCCN(CCO)c1cccnc1S(=O)(=O)Nc1ccc(C(F)(F)F)c(-c2ccccc2C=C)n1. The second-order valence-corrected chi connectivity index (χ2v) is 9.20. The highest BCUT2D eigenvalue weighted by atomic mass is 32.2. The standard InChI is InChI=1S/C25H25F3N4O3S/c1-3-5-15-32(16-17-33)21-11-8-14-29-24(21)36(34,35)31-22-13-12-20(25(26,27)28)23(30-22)19-10-7-6-9-18(19)4-2/h3-4,6-14,33H,1-2,5,15-17H2,(H,30,31). The van der Waals surface area contributed by atoms with E-state index < -0.39 is 27.5 Å². The van der Waals surface area contributed by atoms with Gasteiger partial charge in [0.25, 0.3) is 10.0 Å². The van der Waals surface area contributed by atoms with E-state index in [0.717, 1.165) is 12.1 Å². The summed E-state index contributed by atoms with van der Waals surface area (Å²) in [5, 5.41) is 9.09. The Balaban J connectivity index is 2.08. The molecule has 1 aromatic carbocycles. The number of sulfonamides is 1. The van der Waals surface area contributed by atoms with E-state index in [2.05, 4.69) is 27.8 Å². The molecule has 0 saturated heterocycles. The summed E-state index contributed by atoms with van der Waals surface area (Å²) in [6.07, 6.45) is 0.135. The lowest BCUT2D eigenvalue weighted by atomic mass is 10.00. The monoisotopic (exact) mass is 518 g/mol. The van der Waals surface area contributed by atoms with Crippen molar-refractivity contribution >= 4 is 27.6 Å². The molecule has 190 valence electrons. The Bertz CT molecular complexity index is 1340. The van der Waals surface area contributed by atoms with Crippen molar-refractivity contribution in [2.75, 3.05) is 29.3 Å². The molecule has 2 aromatic heterocycles. The first-order valence-corrected chi connectivity index (χ1v) is 12.3. The van der Waals surface area contributed by atoms with Crippen LogP contribution in [-0.2, 0) is 16.2 Å². The third kappa shape index (κ3) is 6.10. The first-order valence-electron chi connectivity index (χ1n) is 10.9. The molecule has 2 heterocycles. The van der Waals surface area contributed by atoms with Crippen molar-refractivity contribution < 1.29 is 26.7 Å². The van der Waals surface area contributed by atoms with E-state index in [0.29, 0.717) is 18.5 Å². The van der Waals surface area contributed by atoms with E-state index >= 15 is 0 Å². The third-order valence-electron chi connectivity index (χ3n) is 5.19. The number of anilines is 2. The molecule has 0 radical (unpaired) electrons. The zero-order valence-corrected chi connectivity index (χ0v) is 20.1. The molecule has 0 aliphatic carbocycles. The molecule has 0 atom stereocenters. The minimum Gasteiger partial charge on any atom is -0.395 e. The predicted molar refractivity (Wildman–Crippen MR) is 134 cm³/mol. The number of aliphatic hydroxyl groups excluding tert-OH is 1. The highest BCUT2D eigenvalue weighted by Crippen LogP contribution is 2.38. The van der Waals surface area contributed by atoms with Gasteiger partial charge in [0.05, 0.1) is 23.6 Å². The van der Waals surface area contributed by atoms with Gasteiger partial charge >= 0.3 is 6.18 Å². The van der Waals surface area contributed by atoms with Crippen molar-refractivity contribution in [3.05, 3.63) is 85.1 Å². The normalized spacial score (nSPS) is 11.7. The lowest BCUT2D eigenvalue weighted by molar-refractivity contribution is -0.137. The van der Waals surface area contributed by atoms with Gasteiger partial charge in [-0.15, -0.1) is 6.58 Å². The van der Waals surface area contributed by atoms with E-state index in [4.69, 9.17) is 0 Å². The van der Waals surface area contributed by atoms with Gasteiger partial charge in [-0.05, 0) is 36.2 Å². The third-order valence-corrected chi connectivity index (χ3v) is 6.50. The molecule has 7 nitrogen and oxygen atoms in total. The first-order chi connectivity index (χ1) is 17.1. The molecular formula is C25H25F3N4O3S. The Hall–Kier alpha value is -3.70. The summed E-state index contributed by atoms with van der Waals surface area (Å²) in [6.45, 7) is 7.57. The number of halogens is 3. The van der Waals surface area contributed by atoms with Gasteiger partial charge in [0.2, 0.25) is 0 Å². The summed E-state index contributed by atoms with van der Waals surface area (Å²) in [7, 11) is -4.37. The van der Waals surface area contributed by atoms with Crippen LogP contribution in [0, 0.1) is 0 Å². The lowest BCUT2D eigenvalue weighted by Gasteiger charge is -2.25. The summed E-state index contributed by atoms with van der Waals surface area (Å²) in [6, 6.07) is 11.1. The molecule has 0 bridgehead atoms. The number of hydrogen-bond donors (Lipinski definition) is 2. The van der Waals surface area contributed by atoms with Crippen LogP contribution in [-0.4, -0.2) is 43.2 Å². The van der Waals surface area contributed by atoms with E-state index in [1.807, 2.05) is 0 Å². The quantitative estimate of drug-likeness (QED) is 0.348. The zero-order chi connectivity index (χ0) is 26.3. The van der Waals surface area contributed by atoms with Crippen LogP contribution in [0.3, 0.4) is 0 Å². The van der Waals surface area contributed by atoms with Gasteiger partial charge in [-0.3, -0.25) is 4.72 Å². The number of aliphatic hydroxyl groups is 1. The lowest BCUT2D eigenvalue weighted by Crippen LogP contribution is -2.30. The van der Waals surface area contributed by atoms with Gasteiger partial charge in [-0.2, -0.15) is 21.6 Å². The minimum absolute atomic E-state index is 0.142. The largest absolute Gasteiger partial charge is 0.418 e. The number of benzene rings is 1. The van der Waals surface area contributed by atoms with Crippen LogP contribution in [0.5, 0.6) is 0 Å². The number of nitrogens with one attached hydrogen (secondary N) is 1. The number of rotatable bonds is 11. The maximum absolute atomic E-state index is 13.8. The van der Waals surface area contributed by atoms with Gasteiger partial charge in [0.15, 0.2) is 5.03 Å². The van der Waals surface area contributed by atoms with Crippen molar-refractivity contribution in [3.8, 4) is 11.3 Å². The molecule has 0 unspecified atom stereocenters. The van der Waals surface area contributed by atoms with Gasteiger partial charge in [0, 0.05) is 24.8 Å². The fourth-order valence-corrected chi connectivity index (χ4v) is 4.74. The van der Waals surface area contributed by atoms with Crippen LogP contribution < -0.4 is 9.62 Å². The maximum atomic E-state index is 13.8. The number of hydrogen-bond acceptors (Lipinski definition) is 6. The average Bonchev–Trinajstić information content (AvgIpc) is 2.85. The second kappa shape index (κ2) is 11.4. The van der Waals surface area contributed by atoms with Crippen molar-refractivity contribution in [2.45, 2.75) is 17.6 Å². The summed E-state index contributed by atoms with van der Waals surface area (Å²) in [5.74, 6) is -0.312. The maximum Gasteiger partial charge on any atom is 0.418 e. The number of alkyl halides is 3. The van der Waals surface area contributed by atoms with Crippen molar-refractivity contribution in [3.63, 3.8) is 0 Å². The number of aromatic nitrogens is 2. The van der Waals surface area contributed by atoms with Crippen LogP contribution in [0.2, 0.25) is 0 Å². The molecule has 0 amide bonds. The number of nitrogens with zero attached hydrogens (tertiary/aromatic N) is 3. The van der Waals surface area contributed by atoms with E-state index in [1.165, 1.54) is 24.4 Å². The average molecular weight is 519 g/mol. The zero-order valence-electron chi connectivity index (χ0n) is 19.2. The Morgan fingerprint density at radius 2 is 1.81 bits per heavy atom. The van der Waals surface area contributed by atoms with Crippen molar-refractivity contribution in [2.24, 2.45) is 0 Å². The molecule has 0 fully saturated rings. The molecule has 0 saturated carbocycles. The molecule has 0 spiro atoms. The van der Waals surface area contributed by atoms with Gasteiger partial charge in [-0.1, -0.05) is 43.0 Å². The first kappa shape index (κ1) is 26.9. The molecule has 36 heavy (non-hydrogen) atoms. The molecule has 2 N–H and O–H groups in total. The van der Waals surface area contributed by atoms with Crippen LogP contribution >= 0.6 is 0 Å². The van der Waals surface area contributed by atoms with Crippen LogP contribution in [0.4, 0.5) is 24.7 Å². The summed E-state index contributed by atoms with van der Waals surface area (Å²) in [4.78, 5) is 9.67. The highest BCUT2D eigenvalue weighted by Gasteiger charge is 2.35. The summed E-state index contributed by atoms with van der Waals surface area (Å²) in [5.41, 5.74) is -0.670. The molecule has 11 heteroatoms. The Labute approximate surface area is 207 Å². The van der Waals surface area contributed by atoms with Crippen molar-refractivity contribution in [1.82, 2.24) is 9.97 Å². The smallest absolute Gasteiger partial charge is 0.395 e. The van der Waals surface area contributed by atoms with Gasteiger partial charge < -0.3 is 10.0 Å². The topological polar surface area (TPSA) is 95.4 Å². The van der Waals surface area contributed by atoms with E-state index in [-0.39, 0.29) is 35.2 Å². The summed E-state index contributed by atoms with van der Waals surface area (Å²) >= 11 is 0. The van der Waals surface area contributed by atoms with Crippen LogP contribution in [0.15, 0.2) is 79.0 Å². The van der Waals surface area contributed by atoms with Crippen molar-refractivity contribution in [1.29, 1.82) is 0 Å². The number of pyridine rings is 2. The second-order valence-electron chi connectivity index (χ2n) is 7.60. The Morgan fingerprint density at radius 3 is 2.47 bits per heavy atom. The fourth-order valence-electron chi connectivity index (χ4n) is 3.58. The minimum atomic E-state index is -4.72. The molecule has 3 rings (SSSR count).